The second-order valence-corrected chi connectivity index (χ2v) is 7.84. The van der Waals surface area contributed by atoms with Crippen LogP contribution in [0.4, 0.5) is 5.13 Å². The molecular formula is C18H23ClN4OS. The molecule has 134 valence electrons. The molecule has 0 radical (unpaired) electrons. The molecule has 1 N–H and O–H groups in total. The van der Waals surface area contributed by atoms with Crippen molar-refractivity contribution in [1.82, 2.24) is 14.7 Å². The lowest BCUT2D eigenvalue weighted by Crippen LogP contribution is -2.35. The minimum atomic E-state index is 0.124. The normalized spacial score (nSPS) is 13.9. The third-order valence-corrected chi connectivity index (χ3v) is 5.17. The summed E-state index contributed by atoms with van der Waals surface area (Å²) >= 11 is 7.32. The Bertz CT molecular complexity index is 712. The first-order valence-electron chi connectivity index (χ1n) is 8.64. The van der Waals surface area contributed by atoms with E-state index in [1.54, 1.807) is 0 Å². The largest absolute Gasteiger partial charge is 0.353 e. The van der Waals surface area contributed by atoms with Gasteiger partial charge in [-0.1, -0.05) is 23.7 Å². The van der Waals surface area contributed by atoms with Gasteiger partial charge in [0.05, 0.1) is 0 Å². The van der Waals surface area contributed by atoms with Crippen LogP contribution in [0.25, 0.3) is 0 Å². The molecule has 3 rings (SSSR count). The number of rotatable bonds is 8. The van der Waals surface area contributed by atoms with Crippen molar-refractivity contribution in [3.05, 3.63) is 40.7 Å². The van der Waals surface area contributed by atoms with Crippen LogP contribution in [0.5, 0.6) is 0 Å². The van der Waals surface area contributed by atoms with E-state index in [0.29, 0.717) is 25.4 Å². The maximum Gasteiger partial charge on any atom is 0.221 e. The van der Waals surface area contributed by atoms with E-state index in [1.807, 2.05) is 24.3 Å². The zero-order valence-corrected chi connectivity index (χ0v) is 16.1. The van der Waals surface area contributed by atoms with Gasteiger partial charge in [0.15, 0.2) is 0 Å². The van der Waals surface area contributed by atoms with E-state index in [9.17, 15) is 4.79 Å². The summed E-state index contributed by atoms with van der Waals surface area (Å²) < 4.78 is 4.48. The van der Waals surface area contributed by atoms with E-state index in [1.165, 1.54) is 11.5 Å². The van der Waals surface area contributed by atoms with Gasteiger partial charge in [0.1, 0.15) is 5.82 Å². The molecule has 0 atom stereocenters. The van der Waals surface area contributed by atoms with Crippen LogP contribution < -0.4 is 10.2 Å². The molecule has 1 aromatic heterocycles. The maximum absolute atomic E-state index is 11.9. The Morgan fingerprint density at radius 1 is 1.36 bits per heavy atom. The number of carbonyl (C=O) groups excluding carboxylic acids is 1. The first-order valence-corrected chi connectivity index (χ1v) is 9.79. The molecule has 7 heteroatoms. The number of anilines is 1. The Balaban J connectivity index is 1.60. The SMILES string of the molecule is CC(C)N(CCC(=O)NC1CC1)c1nc(Cc2ccc(Cl)cc2)ns1. The molecule has 1 aliphatic rings. The highest BCUT2D eigenvalue weighted by Crippen LogP contribution is 2.22. The fourth-order valence-electron chi connectivity index (χ4n) is 2.54. The van der Waals surface area contributed by atoms with Gasteiger partial charge in [-0.15, -0.1) is 0 Å². The van der Waals surface area contributed by atoms with Gasteiger partial charge >= 0.3 is 0 Å². The standard InChI is InChI=1S/C18H23ClN4OS/c1-12(2)23(10-9-17(24)20-15-7-8-15)18-21-16(22-25-18)11-13-3-5-14(19)6-4-13/h3-6,12,15H,7-11H2,1-2H3,(H,20,24). The van der Waals surface area contributed by atoms with Crippen LogP contribution >= 0.6 is 23.1 Å². The van der Waals surface area contributed by atoms with Gasteiger partial charge < -0.3 is 10.2 Å². The van der Waals surface area contributed by atoms with Crippen LogP contribution in [-0.4, -0.2) is 33.9 Å². The number of hydrogen-bond donors (Lipinski definition) is 1. The number of hydrogen-bond acceptors (Lipinski definition) is 5. The molecule has 1 heterocycles. The molecule has 1 aliphatic carbocycles. The van der Waals surface area contributed by atoms with E-state index in [0.717, 1.165) is 34.4 Å². The van der Waals surface area contributed by atoms with Gasteiger partial charge in [0.2, 0.25) is 11.0 Å². The summed E-state index contributed by atoms with van der Waals surface area (Å²) in [5.74, 6) is 0.925. The van der Waals surface area contributed by atoms with Crippen molar-refractivity contribution in [3.8, 4) is 0 Å². The summed E-state index contributed by atoms with van der Waals surface area (Å²) in [6, 6.07) is 8.42. The molecule has 1 saturated carbocycles. The molecule has 1 fully saturated rings. The van der Waals surface area contributed by atoms with Gasteiger partial charge in [-0.3, -0.25) is 4.79 Å². The number of halogens is 1. The molecule has 0 saturated heterocycles. The fourth-order valence-corrected chi connectivity index (χ4v) is 3.51. The Morgan fingerprint density at radius 2 is 2.08 bits per heavy atom. The predicted molar refractivity (Wildman–Crippen MR) is 102 cm³/mol. The van der Waals surface area contributed by atoms with Crippen molar-refractivity contribution < 1.29 is 4.79 Å². The molecule has 0 spiro atoms. The molecule has 1 aromatic carbocycles. The number of benzene rings is 1. The summed E-state index contributed by atoms with van der Waals surface area (Å²) in [6.45, 7) is 4.88. The van der Waals surface area contributed by atoms with Gasteiger partial charge in [-0.05, 0) is 44.4 Å². The lowest BCUT2D eigenvalue weighted by Gasteiger charge is -2.25. The van der Waals surface area contributed by atoms with Crippen molar-refractivity contribution in [3.63, 3.8) is 0 Å². The molecule has 0 unspecified atom stereocenters. The van der Waals surface area contributed by atoms with E-state index in [2.05, 4.69) is 33.4 Å². The minimum Gasteiger partial charge on any atom is -0.353 e. The third-order valence-electron chi connectivity index (χ3n) is 4.12. The Labute approximate surface area is 157 Å². The summed E-state index contributed by atoms with van der Waals surface area (Å²) in [5.41, 5.74) is 1.13. The second kappa shape index (κ2) is 8.15. The van der Waals surface area contributed by atoms with Crippen LogP contribution in [0.2, 0.25) is 5.02 Å². The highest BCUT2D eigenvalue weighted by molar-refractivity contribution is 7.09. The van der Waals surface area contributed by atoms with Gasteiger partial charge in [0.25, 0.3) is 0 Å². The quantitative estimate of drug-likeness (QED) is 0.761. The van der Waals surface area contributed by atoms with Crippen LogP contribution in [0.3, 0.4) is 0 Å². The Morgan fingerprint density at radius 3 is 2.72 bits per heavy atom. The van der Waals surface area contributed by atoms with Crippen molar-refractivity contribution in [2.45, 2.75) is 51.6 Å². The molecule has 5 nitrogen and oxygen atoms in total. The predicted octanol–water partition coefficient (Wildman–Crippen LogP) is 3.67. The lowest BCUT2D eigenvalue weighted by molar-refractivity contribution is -0.121. The average Bonchev–Trinajstić information content (AvgIpc) is 3.26. The third kappa shape index (κ3) is 5.41. The first kappa shape index (κ1) is 18.1. The van der Waals surface area contributed by atoms with E-state index in [-0.39, 0.29) is 11.9 Å². The smallest absolute Gasteiger partial charge is 0.221 e. The van der Waals surface area contributed by atoms with Crippen molar-refractivity contribution >= 4 is 34.2 Å². The van der Waals surface area contributed by atoms with Crippen molar-refractivity contribution in [1.29, 1.82) is 0 Å². The van der Waals surface area contributed by atoms with E-state index < -0.39 is 0 Å². The topological polar surface area (TPSA) is 58.1 Å². The maximum atomic E-state index is 11.9. The Hall–Kier alpha value is -1.66. The molecular weight excluding hydrogens is 356 g/mol. The van der Waals surface area contributed by atoms with Crippen LogP contribution in [0, 0.1) is 0 Å². The van der Waals surface area contributed by atoms with Crippen LogP contribution in [-0.2, 0) is 11.2 Å². The zero-order chi connectivity index (χ0) is 17.8. The van der Waals surface area contributed by atoms with Gasteiger partial charge in [-0.2, -0.15) is 4.37 Å². The number of aromatic nitrogens is 2. The molecule has 2 aromatic rings. The lowest BCUT2D eigenvalue weighted by atomic mass is 10.1. The molecule has 0 aliphatic heterocycles. The fraction of sp³-hybridized carbons (Fsp3) is 0.500. The highest BCUT2D eigenvalue weighted by atomic mass is 35.5. The first-order chi connectivity index (χ1) is 12.0. The van der Waals surface area contributed by atoms with Crippen LogP contribution in [0.1, 0.15) is 44.5 Å². The van der Waals surface area contributed by atoms with Gasteiger partial charge in [-0.25, -0.2) is 4.98 Å². The van der Waals surface area contributed by atoms with E-state index in [4.69, 9.17) is 11.6 Å². The second-order valence-electron chi connectivity index (χ2n) is 6.68. The molecule has 0 bridgehead atoms. The summed E-state index contributed by atoms with van der Waals surface area (Å²) in [5, 5.41) is 4.63. The average molecular weight is 379 g/mol. The minimum absolute atomic E-state index is 0.124. The Kier molecular flexibility index (Phi) is 5.91. The highest BCUT2D eigenvalue weighted by Gasteiger charge is 2.24. The number of carbonyl (C=O) groups is 1. The van der Waals surface area contributed by atoms with E-state index >= 15 is 0 Å². The summed E-state index contributed by atoms with van der Waals surface area (Å²) in [7, 11) is 0. The van der Waals surface area contributed by atoms with Crippen molar-refractivity contribution in [2.24, 2.45) is 0 Å². The number of nitrogens with one attached hydrogen (secondary N) is 1. The van der Waals surface area contributed by atoms with Crippen LogP contribution in [0.15, 0.2) is 24.3 Å². The van der Waals surface area contributed by atoms with Crippen molar-refractivity contribution in [2.75, 3.05) is 11.4 Å². The zero-order valence-electron chi connectivity index (χ0n) is 14.5. The number of amides is 1. The molecule has 25 heavy (non-hydrogen) atoms. The van der Waals surface area contributed by atoms with Gasteiger partial charge in [0, 0.05) is 48.0 Å². The summed E-state index contributed by atoms with van der Waals surface area (Å²) in [4.78, 5) is 18.8. The summed E-state index contributed by atoms with van der Waals surface area (Å²) in [6.07, 6.45) is 3.40. The number of nitrogens with zero attached hydrogens (tertiary/aromatic N) is 3. The molecule has 1 amide bonds. The monoisotopic (exact) mass is 378 g/mol.